The van der Waals surface area contributed by atoms with Gasteiger partial charge in [0.2, 0.25) is 0 Å². The summed E-state index contributed by atoms with van der Waals surface area (Å²) in [6.45, 7) is 5.70. The van der Waals surface area contributed by atoms with Crippen molar-refractivity contribution in [2.24, 2.45) is 5.92 Å². The van der Waals surface area contributed by atoms with Gasteiger partial charge in [0.1, 0.15) is 5.82 Å². The van der Waals surface area contributed by atoms with E-state index in [0.29, 0.717) is 25.0 Å². The van der Waals surface area contributed by atoms with Gasteiger partial charge in [-0.1, -0.05) is 32.0 Å². The highest BCUT2D eigenvalue weighted by atomic mass is 19.1. The molecule has 0 aliphatic carbocycles. The van der Waals surface area contributed by atoms with Crippen molar-refractivity contribution in [2.45, 2.75) is 26.3 Å². The Labute approximate surface area is 103 Å². The summed E-state index contributed by atoms with van der Waals surface area (Å²) in [5.74, 6) is 0.178. The van der Waals surface area contributed by atoms with E-state index in [1.54, 1.807) is 13.2 Å². The van der Waals surface area contributed by atoms with Gasteiger partial charge in [-0.05, 0) is 24.0 Å². The first-order valence-corrected chi connectivity index (χ1v) is 6.09. The van der Waals surface area contributed by atoms with Gasteiger partial charge in [-0.3, -0.25) is 0 Å². The minimum atomic E-state index is -0.127. The largest absolute Gasteiger partial charge is 0.384 e. The average Bonchev–Trinajstić information content (AvgIpc) is 2.29. The van der Waals surface area contributed by atoms with Crippen LogP contribution in [0.25, 0.3) is 0 Å². The highest BCUT2D eigenvalue weighted by molar-refractivity contribution is 5.17. The fourth-order valence-corrected chi connectivity index (χ4v) is 1.80. The lowest BCUT2D eigenvalue weighted by atomic mass is 9.99. The zero-order valence-electron chi connectivity index (χ0n) is 10.9. The van der Waals surface area contributed by atoms with Crippen molar-refractivity contribution in [2.75, 3.05) is 20.3 Å². The van der Waals surface area contributed by atoms with Gasteiger partial charge in [0, 0.05) is 19.7 Å². The molecule has 0 amide bonds. The predicted octanol–water partition coefficient (Wildman–Crippen LogP) is 2.63. The van der Waals surface area contributed by atoms with Crippen LogP contribution in [0.4, 0.5) is 4.39 Å². The third kappa shape index (κ3) is 5.29. The average molecular weight is 239 g/mol. The van der Waals surface area contributed by atoms with E-state index in [1.807, 2.05) is 12.1 Å². The number of halogens is 1. The van der Waals surface area contributed by atoms with Gasteiger partial charge in [0.25, 0.3) is 0 Å². The number of benzene rings is 1. The molecule has 96 valence electrons. The van der Waals surface area contributed by atoms with Crippen molar-refractivity contribution >= 4 is 0 Å². The smallest absolute Gasteiger partial charge is 0.126 e. The van der Waals surface area contributed by atoms with Crippen LogP contribution in [0.5, 0.6) is 0 Å². The van der Waals surface area contributed by atoms with Crippen molar-refractivity contribution in [3.63, 3.8) is 0 Å². The Morgan fingerprint density at radius 3 is 2.59 bits per heavy atom. The van der Waals surface area contributed by atoms with E-state index in [-0.39, 0.29) is 5.82 Å². The zero-order chi connectivity index (χ0) is 12.7. The highest BCUT2D eigenvalue weighted by Gasteiger charge is 2.12. The van der Waals surface area contributed by atoms with Gasteiger partial charge in [-0.25, -0.2) is 4.39 Å². The summed E-state index contributed by atoms with van der Waals surface area (Å²) in [5, 5.41) is 3.37. The molecular formula is C14H22FNO. The fraction of sp³-hybridized carbons (Fsp3) is 0.571. The van der Waals surface area contributed by atoms with Gasteiger partial charge >= 0.3 is 0 Å². The molecule has 1 N–H and O–H groups in total. The maximum absolute atomic E-state index is 13.5. The molecule has 0 aromatic heterocycles. The molecule has 17 heavy (non-hydrogen) atoms. The number of hydrogen-bond donors (Lipinski definition) is 1. The lowest BCUT2D eigenvalue weighted by molar-refractivity contribution is 0.149. The van der Waals surface area contributed by atoms with Crippen LogP contribution in [-0.4, -0.2) is 26.3 Å². The lowest BCUT2D eigenvalue weighted by Crippen LogP contribution is -2.32. The Balaban J connectivity index is 2.56. The maximum atomic E-state index is 13.5. The third-order valence-corrected chi connectivity index (χ3v) is 2.68. The second-order valence-corrected chi connectivity index (χ2v) is 4.68. The van der Waals surface area contributed by atoms with Crippen LogP contribution >= 0.6 is 0 Å². The molecule has 0 aliphatic heterocycles. The Hall–Kier alpha value is -0.930. The van der Waals surface area contributed by atoms with Crippen LogP contribution < -0.4 is 5.32 Å². The zero-order valence-corrected chi connectivity index (χ0v) is 10.9. The van der Waals surface area contributed by atoms with Gasteiger partial charge < -0.3 is 10.1 Å². The third-order valence-electron chi connectivity index (χ3n) is 2.68. The van der Waals surface area contributed by atoms with Gasteiger partial charge in [0.05, 0.1) is 6.61 Å². The molecule has 0 aliphatic rings. The van der Waals surface area contributed by atoms with Crippen LogP contribution in [0.3, 0.4) is 0 Å². The first-order chi connectivity index (χ1) is 8.13. The van der Waals surface area contributed by atoms with Crippen molar-refractivity contribution in [3.8, 4) is 0 Å². The fourth-order valence-electron chi connectivity index (χ4n) is 1.80. The summed E-state index contributed by atoms with van der Waals surface area (Å²) >= 11 is 0. The van der Waals surface area contributed by atoms with E-state index in [9.17, 15) is 4.39 Å². The van der Waals surface area contributed by atoms with E-state index >= 15 is 0 Å². The van der Waals surface area contributed by atoms with Gasteiger partial charge in [0.15, 0.2) is 0 Å². The Bertz CT molecular complexity index is 328. The molecule has 1 unspecified atom stereocenters. The standard InChI is InChI=1S/C14H22FNO/c1-11(2)16-9-12(10-17-3)8-13-6-4-5-7-14(13)15/h4-7,11-12,16H,8-10H2,1-3H3. The Morgan fingerprint density at radius 1 is 1.29 bits per heavy atom. The highest BCUT2D eigenvalue weighted by Crippen LogP contribution is 2.13. The molecule has 2 nitrogen and oxygen atoms in total. The first kappa shape index (κ1) is 14.1. The van der Waals surface area contributed by atoms with Gasteiger partial charge in [-0.15, -0.1) is 0 Å². The summed E-state index contributed by atoms with van der Waals surface area (Å²) < 4.78 is 18.7. The van der Waals surface area contributed by atoms with E-state index in [0.717, 1.165) is 12.1 Å². The predicted molar refractivity (Wildman–Crippen MR) is 68.6 cm³/mol. The Kier molecular flexibility index (Phi) is 6.16. The summed E-state index contributed by atoms with van der Waals surface area (Å²) in [5.41, 5.74) is 0.764. The number of ether oxygens (including phenoxy) is 1. The minimum absolute atomic E-state index is 0.127. The van der Waals surface area contributed by atoms with E-state index in [4.69, 9.17) is 4.74 Å². The summed E-state index contributed by atoms with van der Waals surface area (Å²) in [7, 11) is 1.68. The molecule has 1 aromatic rings. The monoisotopic (exact) mass is 239 g/mol. The number of rotatable bonds is 7. The van der Waals surface area contributed by atoms with E-state index < -0.39 is 0 Å². The minimum Gasteiger partial charge on any atom is -0.384 e. The molecule has 0 spiro atoms. The molecule has 0 saturated heterocycles. The van der Waals surface area contributed by atoms with Gasteiger partial charge in [-0.2, -0.15) is 0 Å². The van der Waals surface area contributed by atoms with Crippen molar-refractivity contribution < 1.29 is 9.13 Å². The van der Waals surface area contributed by atoms with Crippen LogP contribution in [0, 0.1) is 11.7 Å². The molecular weight excluding hydrogens is 217 g/mol. The second-order valence-electron chi connectivity index (χ2n) is 4.68. The molecule has 1 aromatic carbocycles. The normalized spacial score (nSPS) is 13.0. The molecule has 0 bridgehead atoms. The molecule has 1 rings (SSSR count). The summed E-state index contributed by atoms with van der Waals surface area (Å²) in [4.78, 5) is 0. The first-order valence-electron chi connectivity index (χ1n) is 6.09. The summed E-state index contributed by atoms with van der Waals surface area (Å²) in [6, 6.07) is 7.38. The van der Waals surface area contributed by atoms with Crippen molar-refractivity contribution in [1.29, 1.82) is 0 Å². The lowest BCUT2D eigenvalue weighted by Gasteiger charge is -2.18. The topological polar surface area (TPSA) is 21.3 Å². The van der Waals surface area contributed by atoms with E-state index in [1.165, 1.54) is 6.07 Å². The number of nitrogens with one attached hydrogen (secondary N) is 1. The SMILES string of the molecule is COCC(CNC(C)C)Cc1ccccc1F. The number of hydrogen-bond acceptors (Lipinski definition) is 2. The van der Waals surface area contributed by atoms with Crippen LogP contribution in [-0.2, 0) is 11.2 Å². The quantitative estimate of drug-likeness (QED) is 0.789. The van der Waals surface area contributed by atoms with E-state index in [2.05, 4.69) is 19.2 Å². The second kappa shape index (κ2) is 7.41. The van der Waals surface area contributed by atoms with Crippen LogP contribution in [0.2, 0.25) is 0 Å². The van der Waals surface area contributed by atoms with Crippen molar-refractivity contribution in [3.05, 3.63) is 35.6 Å². The molecule has 0 radical (unpaired) electrons. The number of methoxy groups -OCH3 is 1. The Morgan fingerprint density at radius 2 is 2.00 bits per heavy atom. The molecule has 3 heteroatoms. The molecule has 0 saturated carbocycles. The summed E-state index contributed by atoms with van der Waals surface area (Å²) in [6.07, 6.45) is 0.709. The van der Waals surface area contributed by atoms with Crippen molar-refractivity contribution in [1.82, 2.24) is 5.32 Å². The van der Waals surface area contributed by atoms with Crippen LogP contribution in [0.15, 0.2) is 24.3 Å². The molecule has 0 heterocycles. The molecule has 1 atom stereocenters. The van der Waals surface area contributed by atoms with Crippen LogP contribution in [0.1, 0.15) is 19.4 Å². The molecule has 0 fully saturated rings. The maximum Gasteiger partial charge on any atom is 0.126 e.